The van der Waals surface area contributed by atoms with Crippen molar-refractivity contribution >= 4 is 17.3 Å². The van der Waals surface area contributed by atoms with Gasteiger partial charge in [0.15, 0.2) is 0 Å². The van der Waals surface area contributed by atoms with Gasteiger partial charge in [0, 0.05) is 12.6 Å². The first-order valence-electron chi connectivity index (χ1n) is 6.52. The zero-order valence-corrected chi connectivity index (χ0v) is 11.0. The molecule has 1 aliphatic heterocycles. The molecule has 18 heavy (non-hydrogen) atoms. The fraction of sp³-hybridized carbons (Fsp3) is 0.571. The minimum atomic E-state index is -0.257. The lowest BCUT2D eigenvalue weighted by atomic mass is 9.74. The highest BCUT2D eigenvalue weighted by Gasteiger charge is 2.42. The van der Waals surface area contributed by atoms with Crippen LogP contribution in [0.2, 0.25) is 5.02 Å². The highest BCUT2D eigenvalue weighted by atomic mass is 35.5. The lowest BCUT2D eigenvalue weighted by Gasteiger charge is -2.47. The van der Waals surface area contributed by atoms with E-state index in [-0.39, 0.29) is 11.4 Å². The van der Waals surface area contributed by atoms with Gasteiger partial charge in [-0.2, -0.15) is 0 Å². The largest absolute Gasteiger partial charge is 0.381 e. The molecule has 2 aliphatic rings. The average molecular weight is 270 g/mol. The van der Waals surface area contributed by atoms with E-state index in [1.54, 1.807) is 6.07 Å². The van der Waals surface area contributed by atoms with E-state index in [0.717, 1.165) is 32.3 Å². The lowest BCUT2D eigenvalue weighted by molar-refractivity contribution is -0.130. The molecule has 1 saturated carbocycles. The zero-order chi connectivity index (χ0) is 12.6. The monoisotopic (exact) mass is 269 g/mol. The molecular formula is C14H17ClFNO. The summed E-state index contributed by atoms with van der Waals surface area (Å²) in [6.45, 7) is 0.782. The second-order valence-electron chi connectivity index (χ2n) is 5.34. The number of ether oxygens (including phenoxy) is 1. The maximum Gasteiger partial charge on any atom is 0.125 e. The van der Waals surface area contributed by atoms with Gasteiger partial charge in [0.05, 0.1) is 16.3 Å². The van der Waals surface area contributed by atoms with Crippen LogP contribution in [0.4, 0.5) is 10.1 Å². The Morgan fingerprint density at radius 2 is 2.22 bits per heavy atom. The third-order valence-corrected chi connectivity index (χ3v) is 4.38. The second-order valence-corrected chi connectivity index (χ2v) is 5.75. The highest BCUT2D eigenvalue weighted by molar-refractivity contribution is 6.33. The van der Waals surface area contributed by atoms with E-state index in [1.165, 1.54) is 18.6 Å². The summed E-state index contributed by atoms with van der Waals surface area (Å²) in [6, 6.07) is 4.77. The van der Waals surface area contributed by atoms with Crippen LogP contribution in [0.25, 0.3) is 0 Å². The Morgan fingerprint density at radius 1 is 1.39 bits per heavy atom. The van der Waals surface area contributed by atoms with Gasteiger partial charge in [0.2, 0.25) is 0 Å². The third kappa shape index (κ3) is 2.34. The van der Waals surface area contributed by atoms with Crippen LogP contribution in [0.5, 0.6) is 0 Å². The van der Waals surface area contributed by atoms with E-state index in [4.69, 9.17) is 16.3 Å². The van der Waals surface area contributed by atoms with Gasteiger partial charge in [0.1, 0.15) is 5.82 Å². The normalized spacial score (nSPS) is 25.8. The van der Waals surface area contributed by atoms with Crippen LogP contribution in [0.3, 0.4) is 0 Å². The molecule has 2 fully saturated rings. The van der Waals surface area contributed by atoms with Crippen molar-refractivity contribution in [3.63, 3.8) is 0 Å². The Labute approximate surface area is 111 Å². The van der Waals surface area contributed by atoms with Gasteiger partial charge < -0.3 is 10.1 Å². The molecule has 1 atom stereocenters. The first-order valence-corrected chi connectivity index (χ1v) is 6.90. The van der Waals surface area contributed by atoms with Gasteiger partial charge in [-0.1, -0.05) is 11.6 Å². The summed E-state index contributed by atoms with van der Waals surface area (Å²) in [7, 11) is 0. The SMILES string of the molecule is Fc1ccc(Cl)c(NC2CCOC3(CCC3)C2)c1. The minimum Gasteiger partial charge on any atom is -0.381 e. The molecule has 98 valence electrons. The molecule has 0 bridgehead atoms. The van der Waals surface area contributed by atoms with Crippen molar-refractivity contribution in [3.8, 4) is 0 Å². The van der Waals surface area contributed by atoms with Gasteiger partial charge in [-0.05, 0) is 50.3 Å². The number of anilines is 1. The summed E-state index contributed by atoms with van der Waals surface area (Å²) in [6.07, 6.45) is 5.52. The van der Waals surface area contributed by atoms with Crippen LogP contribution >= 0.6 is 11.6 Å². The molecule has 1 aromatic rings. The number of benzene rings is 1. The lowest BCUT2D eigenvalue weighted by Crippen LogP contribution is -2.49. The molecule has 4 heteroatoms. The summed E-state index contributed by atoms with van der Waals surface area (Å²) in [5, 5.41) is 3.94. The predicted octanol–water partition coefficient (Wildman–Crippen LogP) is 3.99. The molecule has 0 aromatic heterocycles. The van der Waals surface area contributed by atoms with Gasteiger partial charge in [-0.3, -0.25) is 0 Å². The fourth-order valence-corrected chi connectivity index (χ4v) is 3.07. The number of hydrogen-bond donors (Lipinski definition) is 1. The molecule has 1 aliphatic carbocycles. The minimum absolute atomic E-state index is 0.0930. The van der Waals surface area contributed by atoms with Crippen molar-refractivity contribution in [2.45, 2.75) is 43.7 Å². The number of halogens is 2. The van der Waals surface area contributed by atoms with E-state index in [0.29, 0.717) is 16.8 Å². The maximum atomic E-state index is 13.2. The van der Waals surface area contributed by atoms with Gasteiger partial charge in [0.25, 0.3) is 0 Å². The van der Waals surface area contributed by atoms with Crippen LogP contribution < -0.4 is 5.32 Å². The molecule has 0 amide bonds. The van der Waals surface area contributed by atoms with E-state index in [2.05, 4.69) is 5.32 Å². The van der Waals surface area contributed by atoms with Crippen LogP contribution in [-0.2, 0) is 4.74 Å². The van der Waals surface area contributed by atoms with Gasteiger partial charge in [-0.25, -0.2) is 4.39 Å². The van der Waals surface area contributed by atoms with Crippen molar-refractivity contribution in [1.29, 1.82) is 0 Å². The van der Waals surface area contributed by atoms with Crippen molar-refractivity contribution in [1.82, 2.24) is 0 Å². The molecule has 1 spiro atoms. The molecule has 2 nitrogen and oxygen atoms in total. The summed E-state index contributed by atoms with van der Waals surface area (Å²) in [5.74, 6) is -0.257. The quantitative estimate of drug-likeness (QED) is 0.876. The van der Waals surface area contributed by atoms with Crippen LogP contribution in [0.15, 0.2) is 18.2 Å². The fourth-order valence-electron chi connectivity index (χ4n) is 2.90. The predicted molar refractivity (Wildman–Crippen MR) is 70.6 cm³/mol. The number of hydrogen-bond acceptors (Lipinski definition) is 2. The van der Waals surface area contributed by atoms with Crippen LogP contribution in [-0.4, -0.2) is 18.2 Å². The van der Waals surface area contributed by atoms with Gasteiger partial charge >= 0.3 is 0 Å². The van der Waals surface area contributed by atoms with Crippen molar-refractivity contribution < 1.29 is 9.13 Å². The van der Waals surface area contributed by atoms with E-state index in [1.807, 2.05) is 0 Å². The summed E-state index contributed by atoms with van der Waals surface area (Å²) < 4.78 is 19.1. The summed E-state index contributed by atoms with van der Waals surface area (Å²) in [5.41, 5.74) is 0.786. The molecule has 1 saturated heterocycles. The summed E-state index contributed by atoms with van der Waals surface area (Å²) >= 11 is 6.07. The molecular weight excluding hydrogens is 253 g/mol. The standard InChI is InChI=1S/C14H17ClFNO/c15-12-3-2-10(16)8-13(12)17-11-4-7-18-14(9-11)5-1-6-14/h2-3,8,11,17H,1,4-7,9H2. The third-order valence-electron chi connectivity index (χ3n) is 4.05. The first-order chi connectivity index (χ1) is 8.67. The average Bonchev–Trinajstić information content (AvgIpc) is 2.32. The molecule has 3 rings (SSSR count). The van der Waals surface area contributed by atoms with Crippen LogP contribution in [0, 0.1) is 5.82 Å². The second kappa shape index (κ2) is 4.71. The molecule has 1 N–H and O–H groups in total. The van der Waals surface area contributed by atoms with E-state index in [9.17, 15) is 4.39 Å². The Hall–Kier alpha value is -0.800. The number of nitrogens with one attached hydrogen (secondary N) is 1. The molecule has 1 unspecified atom stereocenters. The molecule has 1 aromatic carbocycles. The smallest absolute Gasteiger partial charge is 0.125 e. The van der Waals surface area contributed by atoms with Gasteiger partial charge in [-0.15, -0.1) is 0 Å². The molecule has 1 heterocycles. The van der Waals surface area contributed by atoms with Crippen molar-refractivity contribution in [2.24, 2.45) is 0 Å². The first kappa shape index (κ1) is 12.2. The summed E-state index contributed by atoms with van der Waals surface area (Å²) in [4.78, 5) is 0. The van der Waals surface area contributed by atoms with E-state index >= 15 is 0 Å². The number of rotatable bonds is 2. The van der Waals surface area contributed by atoms with E-state index < -0.39 is 0 Å². The van der Waals surface area contributed by atoms with Crippen LogP contribution in [0.1, 0.15) is 32.1 Å². The van der Waals surface area contributed by atoms with Crippen molar-refractivity contribution in [3.05, 3.63) is 29.0 Å². The highest BCUT2D eigenvalue weighted by Crippen LogP contribution is 2.43. The maximum absolute atomic E-state index is 13.2. The molecule has 0 radical (unpaired) electrons. The Morgan fingerprint density at radius 3 is 2.94 bits per heavy atom. The van der Waals surface area contributed by atoms with Crippen molar-refractivity contribution in [2.75, 3.05) is 11.9 Å². The Balaban J connectivity index is 1.70. The Kier molecular flexibility index (Phi) is 3.20. The topological polar surface area (TPSA) is 21.3 Å². The zero-order valence-electron chi connectivity index (χ0n) is 10.2. The Bertz CT molecular complexity index is 447.